The van der Waals surface area contributed by atoms with Crippen molar-refractivity contribution < 1.29 is 23.2 Å². The number of alkyl halides is 2. The second-order valence-electron chi connectivity index (χ2n) is 2.56. The van der Waals surface area contributed by atoms with Crippen molar-refractivity contribution in [1.29, 1.82) is 0 Å². The molecule has 0 saturated carbocycles. The van der Waals surface area contributed by atoms with Crippen LogP contribution in [0.1, 0.15) is 10.4 Å². The average molecular weight is 296 g/mol. The maximum Gasteiger partial charge on any atom is 0.387 e. The van der Waals surface area contributed by atoms with Gasteiger partial charge in [-0.2, -0.15) is 8.78 Å². The molecule has 5 nitrogen and oxygen atoms in total. The number of ether oxygens (including phenoxy) is 1. The molecule has 0 heterocycles. The Hall–Kier alpha value is -1.57. The second-order valence-corrected chi connectivity index (χ2v) is 3.36. The third-order valence-corrected chi connectivity index (χ3v) is 2.47. The van der Waals surface area contributed by atoms with Crippen molar-refractivity contribution in [2.75, 3.05) is 0 Å². The van der Waals surface area contributed by atoms with Crippen molar-refractivity contribution in [3.8, 4) is 5.75 Å². The lowest BCUT2D eigenvalue weighted by Gasteiger charge is -2.07. The van der Waals surface area contributed by atoms with Crippen LogP contribution in [0, 0.1) is 10.1 Å². The summed E-state index contributed by atoms with van der Waals surface area (Å²) in [4.78, 5) is 20.3. The van der Waals surface area contributed by atoms with Crippen LogP contribution in [0.5, 0.6) is 5.75 Å². The second kappa shape index (κ2) is 4.97. The van der Waals surface area contributed by atoms with Crippen molar-refractivity contribution in [3.63, 3.8) is 0 Å². The summed E-state index contributed by atoms with van der Waals surface area (Å²) in [5, 5.41) is 10.5. The van der Waals surface area contributed by atoms with E-state index in [0.29, 0.717) is 0 Å². The quantitative estimate of drug-likeness (QED) is 0.486. The van der Waals surface area contributed by atoms with Crippen LogP contribution in [0.3, 0.4) is 0 Å². The first kappa shape index (κ1) is 12.5. The monoisotopic (exact) mass is 295 g/mol. The standard InChI is InChI=1S/C8H4BrF2NO4/c9-7-4(3-13)5(12(14)15)1-2-6(7)16-8(10)11/h1-3,8H. The Kier molecular flexibility index (Phi) is 3.88. The van der Waals surface area contributed by atoms with Gasteiger partial charge in [0.2, 0.25) is 0 Å². The number of hydrogen-bond acceptors (Lipinski definition) is 4. The van der Waals surface area contributed by atoms with Crippen LogP contribution in [0.4, 0.5) is 14.5 Å². The van der Waals surface area contributed by atoms with E-state index >= 15 is 0 Å². The molecule has 1 aromatic rings. The topological polar surface area (TPSA) is 69.4 Å². The number of hydrogen-bond donors (Lipinski definition) is 0. The first-order chi connectivity index (χ1) is 7.47. The van der Waals surface area contributed by atoms with E-state index in [-0.39, 0.29) is 22.1 Å². The summed E-state index contributed by atoms with van der Waals surface area (Å²) in [6.45, 7) is -3.07. The zero-order valence-electron chi connectivity index (χ0n) is 7.52. The van der Waals surface area contributed by atoms with Crippen LogP contribution in [0.25, 0.3) is 0 Å². The van der Waals surface area contributed by atoms with E-state index in [1.54, 1.807) is 0 Å². The molecule has 0 bridgehead atoms. The SMILES string of the molecule is O=Cc1c([N+](=O)[O-])ccc(OC(F)F)c1Br. The normalized spacial score (nSPS) is 10.2. The lowest BCUT2D eigenvalue weighted by molar-refractivity contribution is -0.385. The van der Waals surface area contributed by atoms with Gasteiger partial charge in [0.25, 0.3) is 5.69 Å². The highest BCUT2D eigenvalue weighted by atomic mass is 79.9. The zero-order chi connectivity index (χ0) is 12.3. The molecular weight excluding hydrogens is 292 g/mol. The van der Waals surface area contributed by atoms with Gasteiger partial charge >= 0.3 is 6.61 Å². The van der Waals surface area contributed by atoms with E-state index < -0.39 is 17.2 Å². The number of nitro benzene ring substituents is 1. The third kappa shape index (κ3) is 2.51. The lowest BCUT2D eigenvalue weighted by atomic mass is 10.2. The van der Waals surface area contributed by atoms with Gasteiger partial charge in [-0.05, 0) is 22.0 Å². The molecule has 86 valence electrons. The Bertz CT molecular complexity index is 438. The smallest absolute Gasteiger partial charge is 0.387 e. The van der Waals surface area contributed by atoms with Gasteiger partial charge in [0.15, 0.2) is 6.29 Å². The Balaban J connectivity index is 3.28. The average Bonchev–Trinajstić information content (AvgIpc) is 2.19. The molecule has 1 rings (SSSR count). The molecule has 0 fully saturated rings. The highest BCUT2D eigenvalue weighted by Gasteiger charge is 2.21. The largest absolute Gasteiger partial charge is 0.434 e. The molecule has 0 atom stereocenters. The molecule has 0 aliphatic heterocycles. The molecule has 0 spiro atoms. The Morgan fingerprint density at radius 3 is 2.56 bits per heavy atom. The van der Waals surface area contributed by atoms with Gasteiger partial charge in [-0.15, -0.1) is 0 Å². The molecule has 0 N–H and O–H groups in total. The van der Waals surface area contributed by atoms with Crippen molar-refractivity contribution in [1.82, 2.24) is 0 Å². The van der Waals surface area contributed by atoms with Crippen LogP contribution < -0.4 is 4.74 Å². The maximum atomic E-state index is 11.9. The highest BCUT2D eigenvalue weighted by molar-refractivity contribution is 9.10. The predicted molar refractivity (Wildman–Crippen MR) is 52.8 cm³/mol. The van der Waals surface area contributed by atoms with E-state index in [2.05, 4.69) is 20.7 Å². The summed E-state index contributed by atoms with van der Waals surface area (Å²) in [6.07, 6.45) is 0.195. The van der Waals surface area contributed by atoms with Crippen LogP contribution in [-0.2, 0) is 0 Å². The van der Waals surface area contributed by atoms with Gasteiger partial charge in [-0.25, -0.2) is 0 Å². The molecule has 8 heteroatoms. The third-order valence-electron chi connectivity index (χ3n) is 1.65. The summed E-state index contributed by atoms with van der Waals surface area (Å²) in [7, 11) is 0. The number of halogens is 3. The number of nitrogens with zero attached hydrogens (tertiary/aromatic N) is 1. The first-order valence-electron chi connectivity index (χ1n) is 3.84. The van der Waals surface area contributed by atoms with E-state index in [4.69, 9.17) is 0 Å². The highest BCUT2D eigenvalue weighted by Crippen LogP contribution is 2.34. The van der Waals surface area contributed by atoms with Gasteiger partial charge in [0, 0.05) is 6.07 Å². The molecule has 0 unspecified atom stereocenters. The van der Waals surface area contributed by atoms with E-state index in [9.17, 15) is 23.7 Å². The van der Waals surface area contributed by atoms with Gasteiger partial charge in [-0.1, -0.05) is 0 Å². The molecule has 0 amide bonds. The van der Waals surface area contributed by atoms with Crippen LogP contribution in [-0.4, -0.2) is 17.8 Å². The predicted octanol–water partition coefficient (Wildman–Crippen LogP) is 2.77. The number of rotatable bonds is 4. The summed E-state index contributed by atoms with van der Waals surface area (Å²) in [5.41, 5.74) is -0.827. The fraction of sp³-hybridized carbons (Fsp3) is 0.125. The van der Waals surface area contributed by atoms with E-state index in [1.165, 1.54) is 0 Å². The molecule has 0 saturated heterocycles. The van der Waals surface area contributed by atoms with Gasteiger partial charge in [0.1, 0.15) is 11.3 Å². The molecule has 16 heavy (non-hydrogen) atoms. The van der Waals surface area contributed by atoms with E-state index in [0.717, 1.165) is 12.1 Å². The number of carbonyl (C=O) groups excluding carboxylic acids is 1. The maximum absolute atomic E-state index is 11.9. The van der Waals surface area contributed by atoms with Crippen molar-refractivity contribution >= 4 is 27.9 Å². The number of nitro groups is 1. The summed E-state index contributed by atoms with van der Waals surface area (Å²) < 4.78 is 27.8. The molecule has 0 aromatic heterocycles. The van der Waals surface area contributed by atoms with Crippen LogP contribution >= 0.6 is 15.9 Å². The number of benzene rings is 1. The van der Waals surface area contributed by atoms with Gasteiger partial charge in [-0.3, -0.25) is 14.9 Å². The summed E-state index contributed by atoms with van der Waals surface area (Å²) in [6, 6.07) is 1.91. The minimum Gasteiger partial charge on any atom is -0.434 e. The van der Waals surface area contributed by atoms with Crippen molar-refractivity contribution in [3.05, 3.63) is 32.3 Å². The number of carbonyl (C=O) groups is 1. The molecule has 0 radical (unpaired) electrons. The Labute approximate surface area is 96.3 Å². The molecular formula is C8H4BrF2NO4. The summed E-state index contributed by atoms with van der Waals surface area (Å²) >= 11 is 2.80. The minimum atomic E-state index is -3.07. The van der Waals surface area contributed by atoms with Crippen LogP contribution in [0.2, 0.25) is 0 Å². The molecule has 0 aliphatic carbocycles. The van der Waals surface area contributed by atoms with Gasteiger partial charge in [0.05, 0.1) is 9.40 Å². The Morgan fingerprint density at radius 2 is 2.12 bits per heavy atom. The number of aldehydes is 1. The van der Waals surface area contributed by atoms with Crippen LogP contribution in [0.15, 0.2) is 16.6 Å². The first-order valence-corrected chi connectivity index (χ1v) is 4.63. The van der Waals surface area contributed by atoms with E-state index in [1.807, 2.05) is 0 Å². The minimum absolute atomic E-state index is 0.169. The van der Waals surface area contributed by atoms with Gasteiger partial charge < -0.3 is 4.74 Å². The zero-order valence-corrected chi connectivity index (χ0v) is 9.11. The Morgan fingerprint density at radius 1 is 1.50 bits per heavy atom. The molecule has 1 aromatic carbocycles. The fourth-order valence-electron chi connectivity index (χ4n) is 1.02. The molecule has 0 aliphatic rings. The van der Waals surface area contributed by atoms with Crippen molar-refractivity contribution in [2.45, 2.75) is 6.61 Å². The fourth-order valence-corrected chi connectivity index (χ4v) is 1.54. The van der Waals surface area contributed by atoms with Crippen molar-refractivity contribution in [2.24, 2.45) is 0 Å². The summed E-state index contributed by atoms with van der Waals surface area (Å²) in [5.74, 6) is -0.331. The lowest BCUT2D eigenvalue weighted by Crippen LogP contribution is -2.04.